The maximum absolute atomic E-state index is 11.8. The molecule has 0 spiro atoms. The molecule has 0 aliphatic rings. The fourth-order valence-electron chi connectivity index (χ4n) is 1.40. The molecule has 3 heteroatoms. The second kappa shape index (κ2) is 4.36. The molecule has 0 amide bonds. The average molecular weight is 217 g/mol. The van der Waals surface area contributed by atoms with E-state index in [0.717, 1.165) is 16.0 Å². The van der Waals surface area contributed by atoms with Crippen molar-refractivity contribution in [2.45, 2.75) is 13.3 Å². The van der Waals surface area contributed by atoms with Crippen molar-refractivity contribution in [3.63, 3.8) is 0 Å². The Balaban J connectivity index is 2.17. The predicted molar refractivity (Wildman–Crippen MR) is 61.3 cm³/mol. The molecule has 2 nitrogen and oxygen atoms in total. The van der Waals surface area contributed by atoms with Gasteiger partial charge in [-0.2, -0.15) is 0 Å². The number of aryl methyl sites for hydroxylation is 1. The van der Waals surface area contributed by atoms with Crippen LogP contribution in [0.4, 0.5) is 0 Å². The van der Waals surface area contributed by atoms with Crippen LogP contribution < -0.4 is 0 Å². The second-order valence-corrected chi connectivity index (χ2v) is 4.33. The SMILES string of the molecule is Cc1cnccc1CC(=O)c1cccs1. The molecule has 0 fully saturated rings. The Labute approximate surface area is 92.6 Å². The van der Waals surface area contributed by atoms with Gasteiger partial charge in [-0.3, -0.25) is 9.78 Å². The summed E-state index contributed by atoms with van der Waals surface area (Å²) in [6.45, 7) is 1.98. The summed E-state index contributed by atoms with van der Waals surface area (Å²) in [5.41, 5.74) is 2.13. The van der Waals surface area contributed by atoms with Gasteiger partial charge < -0.3 is 0 Å². The van der Waals surface area contributed by atoms with Crippen LogP contribution in [0.5, 0.6) is 0 Å². The maximum Gasteiger partial charge on any atom is 0.177 e. The van der Waals surface area contributed by atoms with Gasteiger partial charge in [0, 0.05) is 18.8 Å². The molecule has 0 radical (unpaired) electrons. The van der Waals surface area contributed by atoms with Gasteiger partial charge in [0.15, 0.2) is 5.78 Å². The minimum atomic E-state index is 0.180. The average Bonchev–Trinajstić information content (AvgIpc) is 2.74. The highest BCUT2D eigenvalue weighted by Crippen LogP contribution is 2.14. The van der Waals surface area contributed by atoms with Crippen molar-refractivity contribution < 1.29 is 4.79 Å². The van der Waals surface area contributed by atoms with Crippen molar-refractivity contribution in [1.29, 1.82) is 0 Å². The molecule has 0 saturated heterocycles. The zero-order valence-corrected chi connectivity index (χ0v) is 9.25. The third kappa shape index (κ3) is 2.30. The van der Waals surface area contributed by atoms with Crippen LogP contribution in [0, 0.1) is 6.92 Å². The van der Waals surface area contributed by atoms with Crippen molar-refractivity contribution in [2.75, 3.05) is 0 Å². The lowest BCUT2D eigenvalue weighted by molar-refractivity contribution is 0.0996. The zero-order chi connectivity index (χ0) is 10.7. The molecule has 0 aliphatic heterocycles. The van der Waals surface area contributed by atoms with Crippen molar-refractivity contribution in [3.05, 3.63) is 52.0 Å². The largest absolute Gasteiger partial charge is 0.293 e. The molecule has 0 saturated carbocycles. The van der Waals surface area contributed by atoms with E-state index in [2.05, 4.69) is 4.98 Å². The minimum absolute atomic E-state index is 0.180. The molecule has 0 atom stereocenters. The summed E-state index contributed by atoms with van der Waals surface area (Å²) in [5, 5.41) is 1.92. The number of thiophene rings is 1. The fraction of sp³-hybridized carbons (Fsp3) is 0.167. The lowest BCUT2D eigenvalue weighted by atomic mass is 10.1. The molecule has 15 heavy (non-hydrogen) atoms. The van der Waals surface area contributed by atoms with E-state index in [1.165, 1.54) is 11.3 Å². The Bertz CT molecular complexity index is 462. The number of aromatic nitrogens is 1. The van der Waals surface area contributed by atoms with E-state index >= 15 is 0 Å². The summed E-state index contributed by atoms with van der Waals surface area (Å²) in [6, 6.07) is 5.67. The van der Waals surface area contributed by atoms with Crippen molar-refractivity contribution >= 4 is 17.1 Å². The van der Waals surface area contributed by atoms with E-state index in [1.54, 1.807) is 12.4 Å². The lowest BCUT2D eigenvalue weighted by Gasteiger charge is -2.02. The van der Waals surface area contributed by atoms with E-state index in [-0.39, 0.29) is 5.78 Å². The molecule has 76 valence electrons. The van der Waals surface area contributed by atoms with Crippen LogP contribution in [-0.2, 0) is 6.42 Å². The first-order valence-electron chi connectivity index (χ1n) is 4.73. The van der Waals surface area contributed by atoms with Gasteiger partial charge in [0.25, 0.3) is 0 Å². The van der Waals surface area contributed by atoms with Crippen LogP contribution in [-0.4, -0.2) is 10.8 Å². The molecule has 0 bridgehead atoms. The molecule has 0 N–H and O–H groups in total. The molecule has 2 aromatic heterocycles. The lowest BCUT2D eigenvalue weighted by Crippen LogP contribution is -2.02. The minimum Gasteiger partial charge on any atom is -0.293 e. The summed E-state index contributed by atoms with van der Waals surface area (Å²) in [4.78, 5) is 16.6. The highest BCUT2D eigenvalue weighted by molar-refractivity contribution is 7.12. The highest BCUT2D eigenvalue weighted by Gasteiger charge is 2.09. The zero-order valence-electron chi connectivity index (χ0n) is 8.43. The third-order valence-corrected chi connectivity index (χ3v) is 3.19. The van der Waals surface area contributed by atoms with Crippen molar-refractivity contribution in [1.82, 2.24) is 4.98 Å². The van der Waals surface area contributed by atoms with Crippen LogP contribution >= 0.6 is 11.3 Å². The molecular formula is C12H11NOS. The highest BCUT2D eigenvalue weighted by atomic mass is 32.1. The van der Waals surface area contributed by atoms with E-state index in [9.17, 15) is 4.79 Å². The van der Waals surface area contributed by atoms with Gasteiger partial charge in [0.05, 0.1) is 4.88 Å². The summed E-state index contributed by atoms with van der Waals surface area (Å²) in [5.74, 6) is 0.180. The van der Waals surface area contributed by atoms with Crippen LogP contribution in [0.2, 0.25) is 0 Å². The normalized spacial score (nSPS) is 10.2. The first kappa shape index (κ1) is 10.1. The van der Waals surface area contributed by atoms with Gasteiger partial charge >= 0.3 is 0 Å². The number of carbonyl (C=O) groups is 1. The molecule has 0 aromatic carbocycles. The number of hydrogen-bond donors (Lipinski definition) is 0. The predicted octanol–water partition coefficient (Wildman–Crippen LogP) is 2.88. The van der Waals surface area contributed by atoms with Crippen LogP contribution in [0.1, 0.15) is 20.8 Å². The topological polar surface area (TPSA) is 30.0 Å². The van der Waals surface area contributed by atoms with Gasteiger partial charge in [-0.15, -0.1) is 11.3 Å². The Hall–Kier alpha value is -1.48. The Morgan fingerprint density at radius 1 is 1.47 bits per heavy atom. The summed E-state index contributed by atoms with van der Waals surface area (Å²) >= 11 is 1.49. The van der Waals surface area contributed by atoms with E-state index < -0.39 is 0 Å². The Morgan fingerprint density at radius 3 is 3.00 bits per heavy atom. The van der Waals surface area contributed by atoms with Crippen LogP contribution in [0.15, 0.2) is 36.0 Å². The van der Waals surface area contributed by atoms with Gasteiger partial charge in [0.2, 0.25) is 0 Å². The van der Waals surface area contributed by atoms with Gasteiger partial charge in [-0.25, -0.2) is 0 Å². The van der Waals surface area contributed by atoms with Gasteiger partial charge in [-0.05, 0) is 35.6 Å². The summed E-state index contributed by atoms with van der Waals surface area (Å²) in [6.07, 6.45) is 3.98. The van der Waals surface area contributed by atoms with Gasteiger partial charge in [0.1, 0.15) is 0 Å². The fourth-order valence-corrected chi connectivity index (χ4v) is 2.06. The van der Waals surface area contributed by atoms with Crippen LogP contribution in [0.3, 0.4) is 0 Å². The number of nitrogens with zero attached hydrogens (tertiary/aromatic N) is 1. The third-order valence-electron chi connectivity index (χ3n) is 2.28. The monoisotopic (exact) mass is 217 g/mol. The number of rotatable bonds is 3. The van der Waals surface area contributed by atoms with E-state index in [4.69, 9.17) is 0 Å². The second-order valence-electron chi connectivity index (χ2n) is 3.38. The Morgan fingerprint density at radius 2 is 2.33 bits per heavy atom. The number of Topliss-reactive ketones (excluding diaryl/α,β-unsaturated/α-hetero) is 1. The molecule has 0 aliphatic carbocycles. The first-order chi connectivity index (χ1) is 7.27. The van der Waals surface area contributed by atoms with E-state index in [0.29, 0.717) is 6.42 Å². The van der Waals surface area contributed by atoms with E-state index in [1.807, 2.05) is 30.5 Å². The molecular weight excluding hydrogens is 206 g/mol. The standard InChI is InChI=1S/C12H11NOS/c1-9-8-13-5-4-10(9)7-11(14)12-3-2-6-15-12/h2-6,8H,7H2,1H3. The first-order valence-corrected chi connectivity index (χ1v) is 5.61. The van der Waals surface area contributed by atoms with Crippen molar-refractivity contribution in [2.24, 2.45) is 0 Å². The van der Waals surface area contributed by atoms with Gasteiger partial charge in [-0.1, -0.05) is 6.07 Å². The molecule has 2 rings (SSSR count). The molecule has 0 unspecified atom stereocenters. The van der Waals surface area contributed by atoms with Crippen LogP contribution in [0.25, 0.3) is 0 Å². The number of carbonyl (C=O) groups excluding carboxylic acids is 1. The quantitative estimate of drug-likeness (QED) is 0.740. The van der Waals surface area contributed by atoms with Crippen molar-refractivity contribution in [3.8, 4) is 0 Å². The maximum atomic E-state index is 11.8. The summed E-state index contributed by atoms with van der Waals surface area (Å²) in [7, 11) is 0. The number of pyridine rings is 1. The number of ketones is 1. The smallest absolute Gasteiger partial charge is 0.177 e. The number of hydrogen-bond acceptors (Lipinski definition) is 3. The Kier molecular flexibility index (Phi) is 2.92. The summed E-state index contributed by atoms with van der Waals surface area (Å²) < 4.78 is 0. The molecule has 2 aromatic rings. The molecule has 2 heterocycles.